The van der Waals surface area contributed by atoms with E-state index < -0.39 is 11.9 Å². The molecule has 0 aliphatic carbocycles. The largest absolute Gasteiger partial charge is 0.507 e. The van der Waals surface area contributed by atoms with Gasteiger partial charge in [0.05, 0.1) is 11.3 Å². The van der Waals surface area contributed by atoms with Gasteiger partial charge in [-0.3, -0.25) is 0 Å². The summed E-state index contributed by atoms with van der Waals surface area (Å²) < 4.78 is 0. The van der Waals surface area contributed by atoms with Crippen LogP contribution in [0.2, 0.25) is 0 Å². The topological polar surface area (TPSA) is 132 Å². The van der Waals surface area contributed by atoms with Crippen LogP contribution in [0, 0.1) is 11.3 Å². The molecular formula is C16H10N2O5. The first kappa shape index (κ1) is 15.7. The molecule has 0 saturated heterocycles. The van der Waals surface area contributed by atoms with Crippen LogP contribution in [0.4, 0.5) is 0 Å². The Bertz CT molecular complexity index is 865. The molecule has 2 rings (SSSR count). The highest BCUT2D eigenvalue weighted by atomic mass is 16.4. The average molecular weight is 310 g/mol. The Morgan fingerprint density at radius 2 is 1.83 bits per heavy atom. The van der Waals surface area contributed by atoms with E-state index >= 15 is 0 Å². The first-order valence-electron chi connectivity index (χ1n) is 6.31. The second kappa shape index (κ2) is 6.41. The van der Waals surface area contributed by atoms with Crippen LogP contribution in [-0.2, 0) is 0 Å². The Hall–Kier alpha value is -3.66. The Labute approximate surface area is 130 Å². The van der Waals surface area contributed by atoms with Crippen molar-refractivity contribution in [2.45, 2.75) is 0 Å². The smallest absolute Gasteiger partial charge is 0.354 e. The molecule has 0 unspecified atom stereocenters. The lowest BCUT2D eigenvalue weighted by Gasteiger charge is -2.02. The number of aromatic nitrogens is 1. The lowest BCUT2D eigenvalue weighted by molar-refractivity contribution is 0.0681. The number of nitriles is 1. The Kier molecular flexibility index (Phi) is 4.38. The summed E-state index contributed by atoms with van der Waals surface area (Å²) in [4.78, 5) is 25.7. The maximum absolute atomic E-state index is 11.0. The van der Waals surface area contributed by atoms with E-state index in [1.54, 1.807) is 0 Å². The molecule has 2 aromatic rings. The van der Waals surface area contributed by atoms with E-state index in [1.165, 1.54) is 42.5 Å². The van der Waals surface area contributed by atoms with Gasteiger partial charge in [-0.15, -0.1) is 0 Å². The summed E-state index contributed by atoms with van der Waals surface area (Å²) >= 11 is 0. The van der Waals surface area contributed by atoms with Crippen LogP contribution in [0.3, 0.4) is 0 Å². The van der Waals surface area contributed by atoms with E-state index in [0.29, 0.717) is 5.56 Å². The number of pyridine rings is 1. The SMILES string of the molecule is N#Cc1ccc(C(=O)O)nc1/C=C/c1ccc(O)c(C(=O)O)c1. The predicted molar refractivity (Wildman–Crippen MR) is 79.9 cm³/mol. The summed E-state index contributed by atoms with van der Waals surface area (Å²) in [7, 11) is 0. The van der Waals surface area contributed by atoms with Crippen molar-refractivity contribution < 1.29 is 24.9 Å². The van der Waals surface area contributed by atoms with Crippen molar-refractivity contribution >= 4 is 24.1 Å². The molecule has 1 aromatic heterocycles. The normalized spacial score (nSPS) is 10.4. The van der Waals surface area contributed by atoms with Gasteiger partial charge >= 0.3 is 11.9 Å². The molecule has 0 aliphatic heterocycles. The molecule has 7 nitrogen and oxygen atoms in total. The molecule has 0 fully saturated rings. The number of carboxylic acids is 2. The molecule has 0 radical (unpaired) electrons. The number of rotatable bonds is 4. The molecule has 0 spiro atoms. The zero-order valence-electron chi connectivity index (χ0n) is 11.6. The fourth-order valence-corrected chi connectivity index (χ4v) is 1.82. The molecule has 114 valence electrons. The summed E-state index contributed by atoms with van der Waals surface area (Å²) in [6.45, 7) is 0. The van der Waals surface area contributed by atoms with E-state index in [0.717, 1.165) is 0 Å². The lowest BCUT2D eigenvalue weighted by Crippen LogP contribution is -2.02. The first-order chi connectivity index (χ1) is 10.9. The molecule has 0 amide bonds. The van der Waals surface area contributed by atoms with Gasteiger partial charge in [0.1, 0.15) is 23.1 Å². The highest BCUT2D eigenvalue weighted by molar-refractivity contribution is 5.92. The third-order valence-electron chi connectivity index (χ3n) is 2.95. The molecule has 0 aliphatic rings. The number of carbonyl (C=O) groups is 2. The summed E-state index contributed by atoms with van der Waals surface area (Å²) in [6.07, 6.45) is 2.88. The number of hydrogen-bond donors (Lipinski definition) is 3. The highest BCUT2D eigenvalue weighted by Gasteiger charge is 2.10. The fourth-order valence-electron chi connectivity index (χ4n) is 1.82. The lowest BCUT2D eigenvalue weighted by atomic mass is 10.1. The van der Waals surface area contributed by atoms with Crippen LogP contribution in [-0.4, -0.2) is 32.2 Å². The number of benzene rings is 1. The maximum atomic E-state index is 11.0. The van der Waals surface area contributed by atoms with Gasteiger partial charge in [-0.05, 0) is 35.9 Å². The third kappa shape index (κ3) is 3.51. The third-order valence-corrected chi connectivity index (χ3v) is 2.95. The zero-order valence-corrected chi connectivity index (χ0v) is 11.6. The van der Waals surface area contributed by atoms with E-state index in [1.807, 2.05) is 6.07 Å². The predicted octanol–water partition coefficient (Wildman–Crippen LogP) is 2.23. The number of nitrogens with zero attached hydrogens (tertiary/aromatic N) is 2. The van der Waals surface area contributed by atoms with Crippen molar-refractivity contribution in [2.24, 2.45) is 0 Å². The first-order valence-corrected chi connectivity index (χ1v) is 6.31. The van der Waals surface area contributed by atoms with Crippen molar-refractivity contribution in [2.75, 3.05) is 0 Å². The van der Waals surface area contributed by atoms with Crippen LogP contribution in [0.5, 0.6) is 5.75 Å². The van der Waals surface area contributed by atoms with E-state index in [9.17, 15) is 14.7 Å². The minimum Gasteiger partial charge on any atom is -0.507 e. The van der Waals surface area contributed by atoms with Gasteiger partial charge in [0.25, 0.3) is 0 Å². The Morgan fingerprint density at radius 3 is 2.43 bits per heavy atom. The zero-order chi connectivity index (χ0) is 17.0. The van der Waals surface area contributed by atoms with Gasteiger partial charge in [-0.2, -0.15) is 5.26 Å². The number of hydrogen-bond acceptors (Lipinski definition) is 5. The maximum Gasteiger partial charge on any atom is 0.354 e. The van der Waals surface area contributed by atoms with Gasteiger partial charge in [-0.25, -0.2) is 14.6 Å². The van der Waals surface area contributed by atoms with Crippen molar-refractivity contribution in [1.29, 1.82) is 5.26 Å². The van der Waals surface area contributed by atoms with Crippen LogP contribution in [0.25, 0.3) is 12.2 Å². The second-order valence-corrected chi connectivity index (χ2v) is 4.46. The minimum atomic E-state index is -1.28. The molecule has 0 bridgehead atoms. The molecule has 23 heavy (non-hydrogen) atoms. The monoisotopic (exact) mass is 310 g/mol. The average Bonchev–Trinajstić information content (AvgIpc) is 2.53. The summed E-state index contributed by atoms with van der Waals surface area (Å²) in [5.74, 6) is -2.86. The molecule has 3 N–H and O–H groups in total. The van der Waals surface area contributed by atoms with Gasteiger partial charge in [0.15, 0.2) is 0 Å². The molecule has 0 saturated carbocycles. The Balaban J connectivity index is 2.42. The summed E-state index contributed by atoms with van der Waals surface area (Å²) in [6, 6.07) is 8.42. The highest BCUT2D eigenvalue weighted by Crippen LogP contribution is 2.20. The van der Waals surface area contributed by atoms with Crippen molar-refractivity contribution in [1.82, 2.24) is 4.98 Å². The summed E-state index contributed by atoms with van der Waals surface area (Å²) in [5, 5.41) is 36.3. The summed E-state index contributed by atoms with van der Waals surface area (Å²) in [5.41, 5.74) is 0.313. The number of aromatic carboxylic acids is 2. The number of aromatic hydroxyl groups is 1. The van der Waals surface area contributed by atoms with Crippen LogP contribution in [0.1, 0.15) is 37.7 Å². The van der Waals surface area contributed by atoms with Crippen LogP contribution >= 0.6 is 0 Å². The number of phenols is 1. The van der Waals surface area contributed by atoms with Gasteiger partial charge in [0.2, 0.25) is 0 Å². The van der Waals surface area contributed by atoms with Crippen molar-refractivity contribution in [3.8, 4) is 11.8 Å². The van der Waals surface area contributed by atoms with E-state index in [-0.39, 0.29) is 28.3 Å². The standard InChI is InChI=1S/C16H10N2O5/c17-8-10-3-5-13(16(22)23)18-12(10)4-1-9-2-6-14(19)11(7-9)15(20)21/h1-7,19H,(H,20,21)(H,22,23)/b4-1+. The van der Waals surface area contributed by atoms with Gasteiger partial charge in [0, 0.05) is 0 Å². The van der Waals surface area contributed by atoms with Crippen molar-refractivity contribution in [3.63, 3.8) is 0 Å². The minimum absolute atomic E-state index is 0.150. The van der Waals surface area contributed by atoms with Crippen LogP contribution in [0.15, 0.2) is 30.3 Å². The second-order valence-electron chi connectivity index (χ2n) is 4.46. The van der Waals surface area contributed by atoms with Gasteiger partial charge < -0.3 is 15.3 Å². The van der Waals surface area contributed by atoms with E-state index in [2.05, 4.69) is 4.98 Å². The van der Waals surface area contributed by atoms with Gasteiger partial charge in [-0.1, -0.05) is 12.1 Å². The molecule has 1 aromatic carbocycles. The quantitative estimate of drug-likeness (QED) is 0.788. The van der Waals surface area contributed by atoms with E-state index in [4.69, 9.17) is 15.5 Å². The fraction of sp³-hybridized carbons (Fsp3) is 0. The molecule has 0 atom stereocenters. The Morgan fingerprint density at radius 1 is 1.09 bits per heavy atom. The van der Waals surface area contributed by atoms with Crippen molar-refractivity contribution in [3.05, 3.63) is 58.4 Å². The number of carboxylic acid groups (broad SMARTS) is 2. The molecule has 7 heteroatoms. The van der Waals surface area contributed by atoms with Crippen LogP contribution < -0.4 is 0 Å². The molecular weight excluding hydrogens is 300 g/mol. The molecule has 1 heterocycles.